The van der Waals surface area contributed by atoms with Crippen molar-refractivity contribution in [1.82, 2.24) is 4.98 Å². The Kier molecular flexibility index (Phi) is 3.46. The summed E-state index contributed by atoms with van der Waals surface area (Å²) in [6.45, 7) is 0.748. The van der Waals surface area contributed by atoms with Crippen LogP contribution in [-0.4, -0.2) is 4.98 Å². The van der Waals surface area contributed by atoms with E-state index in [-0.39, 0.29) is 0 Å². The lowest BCUT2D eigenvalue weighted by Crippen LogP contribution is -1.97. The summed E-state index contributed by atoms with van der Waals surface area (Å²) >= 11 is 13.2. The quantitative estimate of drug-likeness (QED) is 0.840. The van der Waals surface area contributed by atoms with Crippen LogP contribution in [0, 0.1) is 0 Å². The third-order valence-corrected chi connectivity index (χ3v) is 3.31. The number of hydrogen-bond donors (Lipinski definition) is 1. The highest BCUT2D eigenvalue weighted by molar-refractivity contribution is 7.10. The Morgan fingerprint density at radius 3 is 2.87 bits per heavy atom. The lowest BCUT2D eigenvalue weighted by molar-refractivity contribution is 1.18. The molecule has 0 aromatic carbocycles. The van der Waals surface area contributed by atoms with E-state index in [1.807, 2.05) is 17.5 Å². The number of halogens is 2. The molecule has 78 valence electrons. The molecular weight excluding hydrogens is 251 g/mol. The third-order valence-electron chi connectivity index (χ3n) is 1.82. The van der Waals surface area contributed by atoms with E-state index in [0.29, 0.717) is 5.15 Å². The van der Waals surface area contributed by atoms with E-state index in [2.05, 4.69) is 10.3 Å². The van der Waals surface area contributed by atoms with Gasteiger partial charge in [-0.2, -0.15) is 0 Å². The van der Waals surface area contributed by atoms with E-state index in [1.54, 1.807) is 23.6 Å². The highest BCUT2D eigenvalue weighted by atomic mass is 35.5. The summed E-state index contributed by atoms with van der Waals surface area (Å²) < 4.78 is 0. The van der Waals surface area contributed by atoms with Gasteiger partial charge in [0, 0.05) is 28.7 Å². The smallest absolute Gasteiger partial charge is 0.131 e. The summed E-state index contributed by atoms with van der Waals surface area (Å²) in [7, 11) is 0. The van der Waals surface area contributed by atoms with Crippen LogP contribution < -0.4 is 5.32 Å². The van der Waals surface area contributed by atoms with E-state index < -0.39 is 0 Å². The van der Waals surface area contributed by atoms with Gasteiger partial charge in [-0.05, 0) is 18.2 Å². The van der Waals surface area contributed by atoms with Crippen LogP contribution in [-0.2, 0) is 6.54 Å². The number of thiophene rings is 1. The van der Waals surface area contributed by atoms with Crippen LogP contribution in [0.1, 0.15) is 4.88 Å². The molecule has 0 fully saturated rings. The molecule has 0 aliphatic rings. The number of hydrogen-bond acceptors (Lipinski definition) is 3. The largest absolute Gasteiger partial charge is 0.380 e. The number of anilines is 1. The average Bonchev–Trinajstić information content (AvgIpc) is 2.62. The van der Waals surface area contributed by atoms with Crippen molar-refractivity contribution in [2.24, 2.45) is 0 Å². The van der Waals surface area contributed by atoms with Gasteiger partial charge in [0.2, 0.25) is 0 Å². The summed E-state index contributed by atoms with van der Waals surface area (Å²) in [5, 5.41) is 6.43. The minimum Gasteiger partial charge on any atom is -0.380 e. The Bertz CT molecular complexity index is 456. The van der Waals surface area contributed by atoms with Crippen LogP contribution in [0.5, 0.6) is 0 Å². The molecule has 0 bridgehead atoms. The first-order valence-corrected chi connectivity index (χ1v) is 5.96. The predicted octanol–water partition coefficient (Wildman–Crippen LogP) is 4.06. The molecule has 5 heteroatoms. The van der Waals surface area contributed by atoms with E-state index in [9.17, 15) is 0 Å². The van der Waals surface area contributed by atoms with Crippen LogP contribution in [0.25, 0.3) is 0 Å². The van der Waals surface area contributed by atoms with Gasteiger partial charge in [-0.25, -0.2) is 4.98 Å². The van der Waals surface area contributed by atoms with Crippen molar-refractivity contribution in [2.75, 3.05) is 5.32 Å². The zero-order valence-corrected chi connectivity index (χ0v) is 10.0. The summed E-state index contributed by atoms with van der Waals surface area (Å²) in [5.41, 5.74) is 0.958. The Morgan fingerprint density at radius 1 is 1.33 bits per heavy atom. The first-order chi connectivity index (χ1) is 7.24. The molecule has 2 heterocycles. The number of aromatic nitrogens is 1. The van der Waals surface area contributed by atoms with Gasteiger partial charge < -0.3 is 5.32 Å². The maximum absolute atomic E-state index is 5.82. The maximum Gasteiger partial charge on any atom is 0.131 e. The van der Waals surface area contributed by atoms with E-state index in [4.69, 9.17) is 23.2 Å². The normalized spacial score (nSPS) is 10.3. The van der Waals surface area contributed by atoms with Gasteiger partial charge in [0.15, 0.2) is 0 Å². The maximum atomic E-state index is 5.82. The second-order valence-corrected chi connectivity index (χ2v) is 4.77. The average molecular weight is 259 g/mol. The molecule has 0 spiro atoms. The molecule has 1 N–H and O–H groups in total. The molecule has 15 heavy (non-hydrogen) atoms. The summed E-state index contributed by atoms with van der Waals surface area (Å²) in [6, 6.07) is 5.61. The van der Waals surface area contributed by atoms with Crippen molar-refractivity contribution in [3.63, 3.8) is 0 Å². The van der Waals surface area contributed by atoms with Crippen molar-refractivity contribution in [1.29, 1.82) is 0 Å². The lowest BCUT2D eigenvalue weighted by Gasteiger charge is -2.03. The van der Waals surface area contributed by atoms with Crippen LogP contribution in [0.2, 0.25) is 10.2 Å². The molecular formula is C10H8Cl2N2S. The van der Waals surface area contributed by atoms with Crippen LogP contribution in [0.3, 0.4) is 0 Å². The zero-order valence-electron chi connectivity index (χ0n) is 7.71. The molecule has 0 unspecified atom stereocenters. The van der Waals surface area contributed by atoms with Crippen LogP contribution in [0.15, 0.2) is 29.8 Å². The standard InChI is InChI=1S/C10H8Cl2N2S/c11-7-3-9(15-6-7)5-14-8-1-2-13-10(12)4-8/h1-4,6H,5H2,(H,13,14). The van der Waals surface area contributed by atoms with Gasteiger partial charge in [-0.3, -0.25) is 0 Å². The van der Waals surface area contributed by atoms with Gasteiger partial charge in [0.25, 0.3) is 0 Å². The predicted molar refractivity (Wildman–Crippen MR) is 65.9 cm³/mol. The Morgan fingerprint density at radius 2 is 2.20 bits per heavy atom. The number of nitrogens with zero attached hydrogens (tertiary/aromatic N) is 1. The summed E-state index contributed by atoms with van der Waals surface area (Å²) in [5.74, 6) is 0. The number of rotatable bonds is 3. The molecule has 0 saturated heterocycles. The molecule has 2 rings (SSSR count). The third kappa shape index (κ3) is 3.09. The van der Waals surface area contributed by atoms with Crippen LogP contribution >= 0.6 is 34.5 Å². The van der Waals surface area contributed by atoms with Gasteiger partial charge >= 0.3 is 0 Å². The highest BCUT2D eigenvalue weighted by Crippen LogP contribution is 2.20. The molecule has 2 aromatic rings. The molecule has 0 atom stereocenters. The molecule has 2 nitrogen and oxygen atoms in total. The van der Waals surface area contributed by atoms with E-state index in [0.717, 1.165) is 17.3 Å². The molecule has 0 amide bonds. The fourth-order valence-electron chi connectivity index (χ4n) is 1.15. The minimum atomic E-state index is 0.490. The molecule has 2 aromatic heterocycles. The Labute approximate surface area is 102 Å². The fraction of sp³-hybridized carbons (Fsp3) is 0.100. The van der Waals surface area contributed by atoms with Crippen molar-refractivity contribution in [3.8, 4) is 0 Å². The zero-order chi connectivity index (χ0) is 10.7. The summed E-state index contributed by atoms with van der Waals surface area (Å²) in [6.07, 6.45) is 1.67. The summed E-state index contributed by atoms with van der Waals surface area (Å²) in [4.78, 5) is 5.09. The topological polar surface area (TPSA) is 24.9 Å². The highest BCUT2D eigenvalue weighted by Gasteiger charge is 1.98. The number of nitrogens with one attached hydrogen (secondary N) is 1. The monoisotopic (exact) mass is 258 g/mol. The number of pyridine rings is 1. The molecule has 0 radical (unpaired) electrons. The SMILES string of the molecule is Clc1csc(CNc2ccnc(Cl)c2)c1. The van der Waals surface area contributed by atoms with E-state index >= 15 is 0 Å². The fourth-order valence-corrected chi connectivity index (χ4v) is 2.33. The second-order valence-electron chi connectivity index (χ2n) is 2.95. The van der Waals surface area contributed by atoms with E-state index in [1.165, 1.54) is 4.88 Å². The Hall–Kier alpha value is -0.770. The van der Waals surface area contributed by atoms with Gasteiger partial charge in [-0.1, -0.05) is 23.2 Å². The van der Waals surface area contributed by atoms with Gasteiger partial charge in [0.05, 0.1) is 5.02 Å². The Balaban J connectivity index is 1.99. The van der Waals surface area contributed by atoms with Gasteiger partial charge in [-0.15, -0.1) is 11.3 Å². The van der Waals surface area contributed by atoms with Crippen molar-refractivity contribution in [2.45, 2.75) is 6.54 Å². The first-order valence-electron chi connectivity index (χ1n) is 4.32. The lowest BCUT2D eigenvalue weighted by atomic mass is 10.4. The molecule has 0 aliphatic carbocycles. The van der Waals surface area contributed by atoms with Crippen molar-refractivity contribution >= 4 is 40.2 Å². The second kappa shape index (κ2) is 4.84. The first kappa shape index (κ1) is 10.7. The van der Waals surface area contributed by atoms with Gasteiger partial charge in [0.1, 0.15) is 5.15 Å². The van der Waals surface area contributed by atoms with Crippen molar-refractivity contribution in [3.05, 3.63) is 44.8 Å². The minimum absolute atomic E-state index is 0.490. The molecule has 0 aliphatic heterocycles. The molecule has 0 saturated carbocycles. The van der Waals surface area contributed by atoms with Crippen molar-refractivity contribution < 1.29 is 0 Å². The van der Waals surface area contributed by atoms with Crippen LogP contribution in [0.4, 0.5) is 5.69 Å².